The first kappa shape index (κ1) is 39.5. The van der Waals surface area contributed by atoms with Gasteiger partial charge in [0.1, 0.15) is 29.9 Å². The van der Waals surface area contributed by atoms with E-state index in [2.05, 4.69) is 35.6 Å². The van der Waals surface area contributed by atoms with Crippen molar-refractivity contribution in [1.82, 2.24) is 29.5 Å². The van der Waals surface area contributed by atoms with Gasteiger partial charge < -0.3 is 38.1 Å². The third-order valence-corrected chi connectivity index (χ3v) is 11.4. The Bertz CT molecular complexity index is 1970. The molecule has 20 nitrogen and oxygen atoms in total. The maximum Gasteiger partial charge on any atom is 0.327 e. The number of aromatic nitrogens is 6. The molecule has 1 amide bonds. The molecule has 0 spiro atoms. The molecule has 1 saturated carbocycles. The summed E-state index contributed by atoms with van der Waals surface area (Å²) < 4.78 is 43.3. The summed E-state index contributed by atoms with van der Waals surface area (Å²) in [5.74, 6) is -1.61. The lowest BCUT2D eigenvalue weighted by Crippen LogP contribution is -2.29. The number of carbonyl (C=O) groups is 1. The van der Waals surface area contributed by atoms with Gasteiger partial charge in [-0.05, 0) is 24.6 Å². The fraction of sp³-hybridized carbons (Fsp3) is 0.586. The second-order valence-corrected chi connectivity index (χ2v) is 16.2. The zero-order valence-electron chi connectivity index (χ0n) is 28.2. The van der Waals surface area contributed by atoms with Gasteiger partial charge in [0, 0.05) is 23.8 Å². The van der Waals surface area contributed by atoms with Crippen molar-refractivity contribution in [3.8, 4) is 12.1 Å². The van der Waals surface area contributed by atoms with Gasteiger partial charge in [-0.15, -0.1) is 0 Å². The van der Waals surface area contributed by atoms with Crippen molar-refractivity contribution in [2.75, 3.05) is 30.5 Å². The number of nitrogens with one attached hydrogen (secondary N) is 3. The van der Waals surface area contributed by atoms with Crippen molar-refractivity contribution < 1.29 is 42.2 Å². The predicted molar refractivity (Wildman–Crippen MR) is 186 cm³/mol. The summed E-state index contributed by atoms with van der Waals surface area (Å²) in [5, 5.41) is 34.6. The summed E-state index contributed by atoms with van der Waals surface area (Å²) in [6.45, 7) is 0.672. The van der Waals surface area contributed by atoms with E-state index in [0.29, 0.717) is 12.2 Å². The van der Waals surface area contributed by atoms with Gasteiger partial charge in [0.25, 0.3) is 5.56 Å². The molecule has 1 aliphatic heterocycles. The molecule has 3 aromatic rings. The Morgan fingerprint density at radius 3 is 2.79 bits per heavy atom. The maximum atomic E-state index is 12.9. The second-order valence-electron chi connectivity index (χ2n) is 12.4. The molecule has 3 aromatic heterocycles. The molecular weight excluding hydrogens is 742 g/mol. The van der Waals surface area contributed by atoms with Crippen LogP contribution in [0, 0.1) is 40.4 Å². The van der Waals surface area contributed by atoms with E-state index in [1.807, 2.05) is 12.1 Å². The molecule has 2 aliphatic rings. The average molecular weight is 781 g/mol. The molecule has 0 radical (unpaired) electrons. The molecule has 9 atom stereocenters. The Morgan fingerprint density at radius 2 is 2.10 bits per heavy atom. The molecule has 280 valence electrons. The maximum absolute atomic E-state index is 12.9. The number of H-pyrrole nitrogens is 1. The largest absolute Gasteiger partial charge is 0.394 e. The van der Waals surface area contributed by atoms with E-state index in [1.54, 1.807) is 20.8 Å². The number of imidazole rings is 1. The van der Waals surface area contributed by atoms with Crippen molar-refractivity contribution in [1.29, 1.82) is 10.5 Å². The summed E-state index contributed by atoms with van der Waals surface area (Å²) in [6.07, 6.45) is 1.000. The standard InChI is InChI=1S/C29H38N10O10P2S/c1-15(2)26(41)37-29-36-25-22(27(42)38-29)34-14-39(25)28-23(16(3)21(11-40)47-28)49-51(52,45-6-4-5-30)46-12-17-7-19(8-20(17)48-50(43)44)35-24-18(9-31)10-32-13-33-24/h10,13-17,19-21,23,28,40,50H,4,6-8,11-12H2,1-3H3,(H,43,44)(H,32,33,35)(H2,36,37,38,41,42)/t16-,17-,19-,20+,21-,23-,28-,51?/m1/s1. The lowest BCUT2D eigenvalue weighted by Gasteiger charge is -2.30. The fourth-order valence-electron chi connectivity index (χ4n) is 5.88. The van der Waals surface area contributed by atoms with E-state index in [0.717, 1.165) is 0 Å². The molecule has 0 bridgehead atoms. The van der Waals surface area contributed by atoms with Crippen molar-refractivity contribution >= 4 is 55.6 Å². The highest BCUT2D eigenvalue weighted by Gasteiger charge is 2.48. The Labute approximate surface area is 303 Å². The number of ether oxygens (including phenoxy) is 1. The third kappa shape index (κ3) is 9.25. The zero-order chi connectivity index (χ0) is 37.6. The van der Waals surface area contributed by atoms with Crippen LogP contribution in [0.1, 0.15) is 51.8 Å². The monoisotopic (exact) mass is 780 g/mol. The molecule has 1 aliphatic carbocycles. The smallest absolute Gasteiger partial charge is 0.327 e. The number of amides is 1. The van der Waals surface area contributed by atoms with Crippen LogP contribution in [0.15, 0.2) is 23.6 Å². The second kappa shape index (κ2) is 17.4. The number of aliphatic hydroxyl groups excluding tert-OH is 1. The first-order chi connectivity index (χ1) is 24.9. The highest BCUT2D eigenvalue weighted by atomic mass is 32.5. The average Bonchev–Trinajstić information content (AvgIpc) is 3.79. The van der Waals surface area contributed by atoms with E-state index in [4.69, 9.17) is 34.6 Å². The van der Waals surface area contributed by atoms with Crippen molar-refractivity contribution in [2.24, 2.45) is 17.8 Å². The first-order valence-corrected chi connectivity index (χ1v) is 20.0. The van der Waals surface area contributed by atoms with Gasteiger partial charge in [-0.2, -0.15) is 15.5 Å². The SMILES string of the molecule is CC(C)C(=O)Nc1nc2c(ncn2[C@@H]2O[C@H](CO)[C@@H](C)[C@H]2OP(=S)(OCCC#N)OC[C@H]2C[C@@H](Nc3ncncc3C#N)C[C@@H]2O[PH](=O)O)c(=O)[nH]1. The summed E-state index contributed by atoms with van der Waals surface area (Å²) >= 11 is 5.86. The molecule has 1 saturated heterocycles. The Hall–Kier alpha value is -3.72. The molecular formula is C29H38N10O10P2S. The van der Waals surface area contributed by atoms with Crippen molar-refractivity contribution in [3.63, 3.8) is 0 Å². The fourth-order valence-corrected chi connectivity index (χ4v) is 8.61. The number of hydrogen-bond acceptors (Lipinski definition) is 17. The lowest BCUT2D eigenvalue weighted by molar-refractivity contribution is -0.118. The van der Waals surface area contributed by atoms with E-state index >= 15 is 0 Å². The predicted octanol–water partition coefficient (Wildman–Crippen LogP) is 2.12. The van der Waals surface area contributed by atoms with Gasteiger partial charge in [-0.25, -0.2) is 15.0 Å². The number of aromatic amines is 1. The minimum absolute atomic E-state index is 0.0396. The van der Waals surface area contributed by atoms with Crippen LogP contribution in [0.3, 0.4) is 0 Å². The summed E-state index contributed by atoms with van der Waals surface area (Å²) in [6, 6.07) is 3.66. The van der Waals surface area contributed by atoms with Crippen LogP contribution in [-0.2, 0) is 44.0 Å². The van der Waals surface area contributed by atoms with Crippen LogP contribution in [0.25, 0.3) is 11.2 Å². The number of nitriles is 2. The van der Waals surface area contributed by atoms with E-state index in [-0.39, 0.29) is 60.7 Å². The van der Waals surface area contributed by atoms with Crippen LogP contribution >= 0.6 is 15.0 Å². The molecule has 4 heterocycles. The van der Waals surface area contributed by atoms with E-state index < -0.39 is 69.4 Å². The first-order valence-electron chi connectivity index (χ1n) is 16.2. The summed E-state index contributed by atoms with van der Waals surface area (Å²) in [7, 11) is -3.36. The van der Waals surface area contributed by atoms with Gasteiger partial charge >= 0.3 is 15.0 Å². The molecule has 0 aromatic carbocycles. The zero-order valence-corrected chi connectivity index (χ0v) is 31.0. The highest BCUT2D eigenvalue weighted by Crippen LogP contribution is 2.56. The van der Waals surface area contributed by atoms with Gasteiger partial charge in [-0.1, -0.05) is 20.8 Å². The van der Waals surface area contributed by atoms with Gasteiger partial charge in [-0.3, -0.25) is 29.0 Å². The molecule has 5 N–H and O–H groups in total. The van der Waals surface area contributed by atoms with Gasteiger partial charge in [0.05, 0.1) is 57.0 Å². The lowest BCUT2D eigenvalue weighted by atomic mass is 10.0. The number of aliphatic hydroxyl groups is 1. The van der Waals surface area contributed by atoms with Crippen LogP contribution < -0.4 is 16.2 Å². The van der Waals surface area contributed by atoms with Crippen LogP contribution in [-0.4, -0.2) is 89.6 Å². The number of hydrogen-bond donors (Lipinski definition) is 5. The topological polar surface area (TPSA) is 282 Å². The molecule has 2 fully saturated rings. The van der Waals surface area contributed by atoms with Crippen molar-refractivity contribution in [2.45, 2.75) is 70.6 Å². The number of nitrogens with zero attached hydrogens (tertiary/aromatic N) is 7. The summed E-state index contributed by atoms with van der Waals surface area (Å²) in [4.78, 5) is 54.0. The number of carbonyl (C=O) groups excluding carboxylic acids is 1. The Balaban J connectivity index is 1.40. The minimum Gasteiger partial charge on any atom is -0.394 e. The molecule has 2 unspecified atom stereocenters. The normalized spacial score (nSPS) is 26.1. The van der Waals surface area contributed by atoms with Crippen LogP contribution in [0.4, 0.5) is 11.8 Å². The van der Waals surface area contributed by atoms with Gasteiger partial charge in [0.15, 0.2) is 17.4 Å². The van der Waals surface area contributed by atoms with Crippen molar-refractivity contribution in [3.05, 3.63) is 34.8 Å². The highest BCUT2D eigenvalue weighted by molar-refractivity contribution is 8.07. The van der Waals surface area contributed by atoms with Gasteiger partial charge in [0.2, 0.25) is 11.9 Å². The molecule has 23 heteroatoms. The number of rotatable bonds is 16. The quantitative estimate of drug-likeness (QED) is 0.103. The Morgan fingerprint density at radius 1 is 1.31 bits per heavy atom. The van der Waals surface area contributed by atoms with Crippen LogP contribution in [0.5, 0.6) is 0 Å². The third-order valence-electron chi connectivity index (χ3n) is 8.57. The minimum atomic E-state index is -3.76. The van der Waals surface area contributed by atoms with E-state index in [1.165, 1.54) is 23.4 Å². The Kier molecular flexibility index (Phi) is 13.2. The number of fused-ring (bicyclic) bond motifs is 1. The van der Waals surface area contributed by atoms with E-state index in [9.17, 15) is 34.7 Å². The molecule has 52 heavy (non-hydrogen) atoms. The summed E-state index contributed by atoms with van der Waals surface area (Å²) in [5.41, 5.74) is -0.392. The van der Waals surface area contributed by atoms with Crippen LogP contribution in [0.2, 0.25) is 0 Å². The number of anilines is 2. The molecule has 5 rings (SSSR count).